The van der Waals surface area contributed by atoms with Gasteiger partial charge in [-0.15, -0.1) is 10.2 Å². The van der Waals surface area contributed by atoms with Gasteiger partial charge < -0.3 is 10.6 Å². The van der Waals surface area contributed by atoms with Gasteiger partial charge in [0.15, 0.2) is 5.82 Å². The van der Waals surface area contributed by atoms with Crippen LogP contribution in [-0.2, 0) is 0 Å². The SMILES string of the molecule is Cc1nnc2c(NCCNC3CCCCCC3)nccn12. The van der Waals surface area contributed by atoms with E-state index in [4.69, 9.17) is 0 Å². The minimum atomic E-state index is 0.688. The smallest absolute Gasteiger partial charge is 0.203 e. The zero-order valence-corrected chi connectivity index (χ0v) is 12.7. The summed E-state index contributed by atoms with van der Waals surface area (Å²) in [5.41, 5.74) is 0.796. The van der Waals surface area contributed by atoms with E-state index in [1.165, 1.54) is 38.5 Å². The lowest BCUT2D eigenvalue weighted by molar-refractivity contribution is 0.468. The second-order valence-electron chi connectivity index (χ2n) is 5.79. The zero-order chi connectivity index (χ0) is 14.5. The van der Waals surface area contributed by atoms with E-state index in [1.54, 1.807) is 6.20 Å². The number of hydrogen-bond acceptors (Lipinski definition) is 5. The number of hydrogen-bond donors (Lipinski definition) is 2. The van der Waals surface area contributed by atoms with Gasteiger partial charge in [0.05, 0.1) is 0 Å². The van der Waals surface area contributed by atoms with Gasteiger partial charge in [-0.05, 0) is 19.8 Å². The van der Waals surface area contributed by atoms with Gasteiger partial charge in [0.25, 0.3) is 0 Å². The predicted molar refractivity (Wildman–Crippen MR) is 83.5 cm³/mol. The van der Waals surface area contributed by atoms with E-state index in [-0.39, 0.29) is 0 Å². The largest absolute Gasteiger partial charge is 0.366 e. The van der Waals surface area contributed by atoms with E-state index < -0.39 is 0 Å². The average molecular weight is 288 g/mol. The van der Waals surface area contributed by atoms with Crippen molar-refractivity contribution in [2.75, 3.05) is 18.4 Å². The molecule has 0 spiro atoms. The van der Waals surface area contributed by atoms with E-state index in [0.29, 0.717) is 6.04 Å². The molecular weight excluding hydrogens is 264 g/mol. The monoisotopic (exact) mass is 288 g/mol. The molecule has 2 heterocycles. The highest BCUT2D eigenvalue weighted by atomic mass is 15.3. The fourth-order valence-corrected chi connectivity index (χ4v) is 3.01. The van der Waals surface area contributed by atoms with Crippen LogP contribution in [0.15, 0.2) is 12.4 Å². The third kappa shape index (κ3) is 3.50. The number of fused-ring (bicyclic) bond motifs is 1. The summed E-state index contributed by atoms with van der Waals surface area (Å²) >= 11 is 0. The summed E-state index contributed by atoms with van der Waals surface area (Å²) < 4.78 is 1.95. The molecule has 114 valence electrons. The molecule has 2 aromatic heterocycles. The quantitative estimate of drug-likeness (QED) is 0.652. The summed E-state index contributed by atoms with van der Waals surface area (Å²) in [7, 11) is 0. The molecule has 0 atom stereocenters. The first kappa shape index (κ1) is 14.3. The normalized spacial score (nSPS) is 17.0. The van der Waals surface area contributed by atoms with Crippen molar-refractivity contribution < 1.29 is 0 Å². The topological polar surface area (TPSA) is 67.1 Å². The van der Waals surface area contributed by atoms with Crippen LogP contribution in [0.2, 0.25) is 0 Å². The molecule has 6 nitrogen and oxygen atoms in total. The van der Waals surface area contributed by atoms with Crippen molar-refractivity contribution >= 4 is 11.5 Å². The van der Waals surface area contributed by atoms with E-state index in [0.717, 1.165) is 30.4 Å². The zero-order valence-electron chi connectivity index (χ0n) is 12.7. The Morgan fingerprint density at radius 3 is 2.76 bits per heavy atom. The lowest BCUT2D eigenvalue weighted by Gasteiger charge is -2.16. The summed E-state index contributed by atoms with van der Waals surface area (Å²) in [6, 6.07) is 0.688. The van der Waals surface area contributed by atoms with E-state index in [1.807, 2.05) is 17.5 Å². The Morgan fingerprint density at radius 2 is 1.95 bits per heavy atom. The molecule has 1 saturated carbocycles. The third-order valence-corrected chi connectivity index (χ3v) is 4.20. The number of rotatable bonds is 5. The van der Waals surface area contributed by atoms with Crippen LogP contribution in [0.1, 0.15) is 44.3 Å². The van der Waals surface area contributed by atoms with Gasteiger partial charge in [-0.1, -0.05) is 25.7 Å². The Bertz CT molecular complexity index is 571. The van der Waals surface area contributed by atoms with Crippen molar-refractivity contribution in [3.05, 3.63) is 18.2 Å². The average Bonchev–Trinajstić information content (AvgIpc) is 2.73. The Morgan fingerprint density at radius 1 is 1.14 bits per heavy atom. The molecular formula is C15H24N6. The van der Waals surface area contributed by atoms with Gasteiger partial charge in [-0.25, -0.2) is 4.98 Å². The minimum absolute atomic E-state index is 0.688. The van der Waals surface area contributed by atoms with Crippen LogP contribution < -0.4 is 10.6 Å². The molecule has 2 aromatic rings. The fourth-order valence-electron chi connectivity index (χ4n) is 3.01. The first-order valence-electron chi connectivity index (χ1n) is 7.98. The van der Waals surface area contributed by atoms with Crippen molar-refractivity contribution in [2.45, 2.75) is 51.5 Å². The number of aromatic nitrogens is 4. The molecule has 2 N–H and O–H groups in total. The number of nitrogens with one attached hydrogen (secondary N) is 2. The lowest BCUT2D eigenvalue weighted by Crippen LogP contribution is -2.32. The summed E-state index contributed by atoms with van der Waals surface area (Å²) in [6.45, 7) is 3.76. The minimum Gasteiger partial charge on any atom is -0.366 e. The fraction of sp³-hybridized carbons (Fsp3) is 0.667. The maximum Gasteiger partial charge on any atom is 0.203 e. The molecule has 0 saturated heterocycles. The van der Waals surface area contributed by atoms with Gasteiger partial charge in [0.2, 0.25) is 5.65 Å². The predicted octanol–water partition coefficient (Wildman–Crippen LogP) is 2.16. The third-order valence-electron chi connectivity index (χ3n) is 4.20. The maximum atomic E-state index is 4.36. The summed E-state index contributed by atoms with van der Waals surface area (Å²) in [5.74, 6) is 1.69. The van der Waals surface area contributed by atoms with Gasteiger partial charge >= 0.3 is 0 Å². The van der Waals surface area contributed by atoms with Gasteiger partial charge in [0, 0.05) is 31.5 Å². The Hall–Kier alpha value is -1.69. The molecule has 0 radical (unpaired) electrons. The van der Waals surface area contributed by atoms with Crippen LogP contribution >= 0.6 is 0 Å². The van der Waals surface area contributed by atoms with Crippen LogP contribution in [-0.4, -0.2) is 38.7 Å². The van der Waals surface area contributed by atoms with Crippen molar-refractivity contribution in [3.8, 4) is 0 Å². The van der Waals surface area contributed by atoms with Gasteiger partial charge in [0.1, 0.15) is 5.82 Å². The molecule has 0 amide bonds. The van der Waals surface area contributed by atoms with Crippen LogP contribution in [0.25, 0.3) is 5.65 Å². The van der Waals surface area contributed by atoms with Crippen LogP contribution in [0.3, 0.4) is 0 Å². The standard InChI is InChI=1S/C15H24N6/c1-12-19-20-15-14(18-10-11-21(12)15)17-9-8-16-13-6-4-2-3-5-7-13/h10-11,13,16H,2-9H2,1H3,(H,17,18). The Labute approximate surface area is 125 Å². The van der Waals surface area contributed by atoms with Crippen molar-refractivity contribution in [3.63, 3.8) is 0 Å². The van der Waals surface area contributed by atoms with E-state index >= 15 is 0 Å². The lowest BCUT2D eigenvalue weighted by atomic mass is 10.1. The molecule has 3 rings (SSSR count). The first-order chi connectivity index (χ1) is 10.3. The molecule has 1 aliphatic rings. The summed E-state index contributed by atoms with van der Waals surface area (Å²) in [4.78, 5) is 4.36. The second-order valence-corrected chi connectivity index (χ2v) is 5.79. The number of aryl methyl sites for hydroxylation is 1. The molecule has 6 heteroatoms. The highest BCUT2D eigenvalue weighted by molar-refractivity contribution is 5.61. The molecule has 0 bridgehead atoms. The van der Waals surface area contributed by atoms with E-state index in [2.05, 4.69) is 25.8 Å². The van der Waals surface area contributed by atoms with Gasteiger partial charge in [-0.2, -0.15) is 0 Å². The molecule has 0 aromatic carbocycles. The van der Waals surface area contributed by atoms with Crippen LogP contribution in [0.4, 0.5) is 5.82 Å². The molecule has 0 aliphatic heterocycles. The Kier molecular flexibility index (Phi) is 4.65. The number of nitrogens with zero attached hydrogens (tertiary/aromatic N) is 4. The van der Waals surface area contributed by atoms with Crippen molar-refractivity contribution in [1.29, 1.82) is 0 Å². The van der Waals surface area contributed by atoms with Gasteiger partial charge in [-0.3, -0.25) is 4.40 Å². The first-order valence-corrected chi connectivity index (χ1v) is 7.98. The summed E-state index contributed by atoms with van der Waals surface area (Å²) in [5, 5.41) is 15.3. The number of anilines is 1. The molecule has 21 heavy (non-hydrogen) atoms. The Balaban J connectivity index is 1.50. The summed E-state index contributed by atoms with van der Waals surface area (Å²) in [6.07, 6.45) is 11.8. The highest BCUT2D eigenvalue weighted by Crippen LogP contribution is 2.17. The highest BCUT2D eigenvalue weighted by Gasteiger charge is 2.11. The molecule has 1 aliphatic carbocycles. The van der Waals surface area contributed by atoms with Crippen LogP contribution in [0.5, 0.6) is 0 Å². The molecule has 1 fully saturated rings. The van der Waals surface area contributed by atoms with Crippen molar-refractivity contribution in [2.24, 2.45) is 0 Å². The molecule has 0 unspecified atom stereocenters. The van der Waals surface area contributed by atoms with Crippen molar-refractivity contribution in [1.82, 2.24) is 24.9 Å². The second kappa shape index (κ2) is 6.85. The maximum absolute atomic E-state index is 4.36. The van der Waals surface area contributed by atoms with Crippen LogP contribution in [0, 0.1) is 6.92 Å². The van der Waals surface area contributed by atoms with E-state index in [9.17, 15) is 0 Å².